The molecule has 0 unspecified atom stereocenters. The average Bonchev–Trinajstić information content (AvgIpc) is 3.00. The van der Waals surface area contributed by atoms with Gasteiger partial charge in [-0.05, 0) is 31.5 Å². The van der Waals surface area contributed by atoms with E-state index in [0.29, 0.717) is 11.4 Å². The van der Waals surface area contributed by atoms with Gasteiger partial charge in [-0.3, -0.25) is 9.48 Å². The van der Waals surface area contributed by atoms with Crippen LogP contribution in [0.2, 0.25) is 0 Å². The lowest BCUT2D eigenvalue weighted by atomic mass is 10.2. The molecule has 6 heteroatoms. The van der Waals surface area contributed by atoms with Gasteiger partial charge in [0, 0.05) is 32.9 Å². The smallest absolute Gasteiger partial charge is 0.290 e. The summed E-state index contributed by atoms with van der Waals surface area (Å²) in [6.07, 6.45) is 1.02. The largest absolute Gasteiger partial charge is 0.397 e. The summed E-state index contributed by atoms with van der Waals surface area (Å²) < 4.78 is 3.83. The van der Waals surface area contributed by atoms with E-state index in [1.165, 1.54) is 0 Å². The van der Waals surface area contributed by atoms with E-state index in [2.05, 4.69) is 5.32 Å². The molecular formula is C15H21N5O. The quantitative estimate of drug-likeness (QED) is 0.844. The third kappa shape index (κ3) is 2.16. The highest BCUT2D eigenvalue weighted by molar-refractivity contribution is 5.76. The van der Waals surface area contributed by atoms with Gasteiger partial charge in [0.05, 0.1) is 17.1 Å². The Hall–Kier alpha value is -2.37. The van der Waals surface area contributed by atoms with Crippen LogP contribution < -0.4 is 21.5 Å². The fourth-order valence-corrected chi connectivity index (χ4v) is 2.81. The molecule has 1 aliphatic heterocycles. The fraction of sp³-hybridized carbons (Fsp3) is 0.400. The molecule has 1 aliphatic rings. The summed E-state index contributed by atoms with van der Waals surface area (Å²) in [4.78, 5) is 14.4. The second-order valence-corrected chi connectivity index (χ2v) is 5.66. The van der Waals surface area contributed by atoms with E-state index in [1.807, 2.05) is 48.8 Å². The summed E-state index contributed by atoms with van der Waals surface area (Å²) in [5, 5.41) is 3.21. The topological polar surface area (TPSA) is 68.2 Å². The average molecular weight is 287 g/mol. The van der Waals surface area contributed by atoms with Gasteiger partial charge in [-0.25, -0.2) is 4.68 Å². The van der Waals surface area contributed by atoms with Gasteiger partial charge in [-0.2, -0.15) is 0 Å². The first-order chi connectivity index (χ1) is 9.99. The molecule has 6 nitrogen and oxygen atoms in total. The normalized spacial score (nSPS) is 13.3. The zero-order chi connectivity index (χ0) is 15.1. The van der Waals surface area contributed by atoms with Crippen molar-refractivity contribution >= 4 is 22.7 Å². The molecule has 0 saturated heterocycles. The lowest BCUT2D eigenvalue weighted by Crippen LogP contribution is -2.18. The first-order valence-electron chi connectivity index (χ1n) is 7.13. The zero-order valence-electron chi connectivity index (χ0n) is 12.7. The van der Waals surface area contributed by atoms with Crippen molar-refractivity contribution in [3.05, 3.63) is 34.2 Å². The lowest BCUT2D eigenvalue weighted by molar-refractivity contribution is 0.582. The van der Waals surface area contributed by atoms with Crippen molar-refractivity contribution in [3.8, 4) is 0 Å². The first kappa shape index (κ1) is 13.6. The minimum atomic E-state index is 0.0288. The molecule has 112 valence electrons. The van der Waals surface area contributed by atoms with E-state index in [1.54, 1.807) is 4.68 Å². The van der Waals surface area contributed by atoms with Crippen LogP contribution in [-0.2, 0) is 13.1 Å². The Balaban J connectivity index is 1.97. The van der Waals surface area contributed by atoms with Crippen LogP contribution in [0, 0.1) is 6.92 Å². The summed E-state index contributed by atoms with van der Waals surface area (Å²) in [6, 6.07) is 5.80. The third-order valence-electron chi connectivity index (χ3n) is 4.04. The van der Waals surface area contributed by atoms with E-state index < -0.39 is 0 Å². The highest BCUT2D eigenvalue weighted by Crippen LogP contribution is 2.28. The monoisotopic (exact) mass is 287 g/mol. The van der Waals surface area contributed by atoms with Crippen LogP contribution in [0.5, 0.6) is 0 Å². The van der Waals surface area contributed by atoms with Crippen molar-refractivity contribution in [1.29, 1.82) is 0 Å². The maximum Gasteiger partial charge on any atom is 0.290 e. The Morgan fingerprint density at radius 3 is 2.57 bits per heavy atom. The highest BCUT2D eigenvalue weighted by Gasteiger charge is 2.20. The molecule has 0 bridgehead atoms. The standard InChI is InChI=1S/C15H21N5O/c1-10-14(15(21)20-8-4-7-19(10)20)17-13-6-5-11(18(2)3)9-12(13)16/h5-6,9,17H,4,7-8,16H2,1-3H3. The number of aromatic nitrogens is 2. The molecule has 0 amide bonds. The second-order valence-electron chi connectivity index (χ2n) is 5.66. The molecule has 0 atom stereocenters. The molecule has 2 heterocycles. The van der Waals surface area contributed by atoms with E-state index in [4.69, 9.17) is 5.73 Å². The Kier molecular flexibility index (Phi) is 3.16. The van der Waals surface area contributed by atoms with Crippen molar-refractivity contribution in [3.63, 3.8) is 0 Å². The molecule has 0 radical (unpaired) electrons. The van der Waals surface area contributed by atoms with Crippen LogP contribution in [0.15, 0.2) is 23.0 Å². The Labute approximate surface area is 123 Å². The molecular weight excluding hydrogens is 266 g/mol. The van der Waals surface area contributed by atoms with Gasteiger partial charge in [0.15, 0.2) is 0 Å². The molecule has 21 heavy (non-hydrogen) atoms. The molecule has 3 N–H and O–H groups in total. The number of nitrogen functional groups attached to an aromatic ring is 1. The van der Waals surface area contributed by atoms with Crippen LogP contribution in [0.1, 0.15) is 12.1 Å². The highest BCUT2D eigenvalue weighted by atomic mass is 16.1. The number of nitrogens with one attached hydrogen (secondary N) is 1. The number of fused-ring (bicyclic) bond motifs is 1. The van der Waals surface area contributed by atoms with Gasteiger partial charge >= 0.3 is 0 Å². The number of hydrogen-bond acceptors (Lipinski definition) is 4. The number of benzene rings is 1. The van der Waals surface area contributed by atoms with Gasteiger partial charge in [0.2, 0.25) is 0 Å². The second kappa shape index (κ2) is 4.87. The molecule has 2 aromatic rings. The van der Waals surface area contributed by atoms with Crippen molar-refractivity contribution in [2.24, 2.45) is 0 Å². The predicted molar refractivity (Wildman–Crippen MR) is 86.5 cm³/mol. The molecule has 0 aliphatic carbocycles. The number of hydrogen-bond donors (Lipinski definition) is 2. The maximum absolute atomic E-state index is 12.4. The Morgan fingerprint density at radius 2 is 1.95 bits per heavy atom. The number of anilines is 4. The Morgan fingerprint density at radius 1 is 1.24 bits per heavy atom. The zero-order valence-corrected chi connectivity index (χ0v) is 12.7. The van der Waals surface area contributed by atoms with Crippen molar-refractivity contribution in [1.82, 2.24) is 9.36 Å². The molecule has 0 fully saturated rings. The molecule has 3 rings (SSSR count). The number of nitrogens with zero attached hydrogens (tertiary/aromatic N) is 3. The van der Waals surface area contributed by atoms with Crippen LogP contribution in [0.25, 0.3) is 0 Å². The summed E-state index contributed by atoms with van der Waals surface area (Å²) in [5.41, 5.74) is 10.2. The maximum atomic E-state index is 12.4. The van der Waals surface area contributed by atoms with Crippen LogP contribution in [0.3, 0.4) is 0 Å². The number of nitrogens with two attached hydrogens (primary N) is 1. The summed E-state index contributed by atoms with van der Waals surface area (Å²) >= 11 is 0. The summed E-state index contributed by atoms with van der Waals surface area (Å²) in [5.74, 6) is 0. The summed E-state index contributed by atoms with van der Waals surface area (Å²) in [6.45, 7) is 3.66. The molecule has 0 spiro atoms. The third-order valence-corrected chi connectivity index (χ3v) is 4.04. The Bertz CT molecular complexity index is 741. The predicted octanol–water partition coefficient (Wildman–Crippen LogP) is 1.75. The fourth-order valence-electron chi connectivity index (χ4n) is 2.81. The molecule has 1 aromatic heterocycles. The van der Waals surface area contributed by atoms with Gasteiger partial charge in [0.1, 0.15) is 5.69 Å². The summed E-state index contributed by atoms with van der Waals surface area (Å²) in [7, 11) is 3.94. The number of rotatable bonds is 3. The van der Waals surface area contributed by atoms with Crippen molar-refractivity contribution in [2.75, 3.05) is 30.0 Å². The first-order valence-corrected chi connectivity index (χ1v) is 7.13. The van der Waals surface area contributed by atoms with Gasteiger partial charge in [0.25, 0.3) is 5.56 Å². The molecule has 0 saturated carbocycles. The van der Waals surface area contributed by atoms with E-state index in [9.17, 15) is 4.79 Å². The van der Waals surface area contributed by atoms with E-state index in [0.717, 1.165) is 36.6 Å². The SMILES string of the molecule is Cc1c(Nc2ccc(N(C)C)cc2N)c(=O)n2n1CCC2. The van der Waals surface area contributed by atoms with E-state index in [-0.39, 0.29) is 5.56 Å². The minimum absolute atomic E-state index is 0.0288. The van der Waals surface area contributed by atoms with Gasteiger partial charge in [-0.1, -0.05) is 0 Å². The minimum Gasteiger partial charge on any atom is -0.397 e. The van der Waals surface area contributed by atoms with Crippen LogP contribution in [0.4, 0.5) is 22.7 Å². The van der Waals surface area contributed by atoms with Crippen LogP contribution >= 0.6 is 0 Å². The van der Waals surface area contributed by atoms with Crippen molar-refractivity contribution < 1.29 is 0 Å². The molecule has 1 aromatic carbocycles. The van der Waals surface area contributed by atoms with Crippen molar-refractivity contribution in [2.45, 2.75) is 26.4 Å². The van der Waals surface area contributed by atoms with E-state index >= 15 is 0 Å². The van der Waals surface area contributed by atoms with Crippen LogP contribution in [-0.4, -0.2) is 23.5 Å². The van der Waals surface area contributed by atoms with Gasteiger partial charge < -0.3 is 16.0 Å². The van der Waals surface area contributed by atoms with Gasteiger partial charge in [-0.15, -0.1) is 0 Å². The lowest BCUT2D eigenvalue weighted by Gasteiger charge is -2.15.